The first-order chi connectivity index (χ1) is 8.41. The standard InChI is InChI=1S/C14H18ClN3/c1-10-16-5-6-18(10)13-8-11(9-15)7-12(17-13)14(2,3)4/h5-8H,9H2,1-4H3. The zero-order valence-electron chi connectivity index (χ0n) is 11.2. The molecule has 0 aliphatic rings. The van der Waals surface area contributed by atoms with E-state index < -0.39 is 0 Å². The average Bonchev–Trinajstić information content (AvgIpc) is 2.73. The molecule has 0 aromatic carbocycles. The summed E-state index contributed by atoms with van der Waals surface area (Å²) in [4.78, 5) is 8.95. The number of hydrogen-bond donors (Lipinski definition) is 0. The number of halogens is 1. The average molecular weight is 264 g/mol. The van der Waals surface area contributed by atoms with Crippen LogP contribution in [0, 0.1) is 6.92 Å². The minimum absolute atomic E-state index is 0.00526. The van der Waals surface area contributed by atoms with Crippen LogP contribution in [0.15, 0.2) is 24.5 Å². The number of nitrogens with zero attached hydrogens (tertiary/aromatic N) is 3. The van der Waals surface area contributed by atoms with Crippen molar-refractivity contribution in [1.82, 2.24) is 14.5 Å². The number of rotatable bonds is 2. The summed E-state index contributed by atoms with van der Waals surface area (Å²) in [6, 6.07) is 4.08. The minimum atomic E-state index is 0.00526. The topological polar surface area (TPSA) is 30.7 Å². The number of aromatic nitrogens is 3. The monoisotopic (exact) mass is 263 g/mol. The summed E-state index contributed by atoms with van der Waals surface area (Å²) in [6.07, 6.45) is 3.70. The van der Waals surface area contributed by atoms with E-state index in [1.54, 1.807) is 6.20 Å². The van der Waals surface area contributed by atoms with Gasteiger partial charge in [-0.1, -0.05) is 20.8 Å². The Bertz CT molecular complexity index is 552. The van der Waals surface area contributed by atoms with Gasteiger partial charge in [0, 0.05) is 29.4 Å². The summed E-state index contributed by atoms with van der Waals surface area (Å²) in [5, 5.41) is 0. The molecule has 0 bridgehead atoms. The second-order valence-electron chi connectivity index (χ2n) is 5.45. The van der Waals surface area contributed by atoms with Crippen LogP contribution in [0.25, 0.3) is 5.82 Å². The third-order valence-electron chi connectivity index (χ3n) is 2.87. The number of alkyl halides is 1. The molecule has 0 aliphatic heterocycles. The van der Waals surface area contributed by atoms with Crippen LogP contribution in [-0.2, 0) is 11.3 Å². The molecule has 2 heterocycles. The molecule has 0 amide bonds. The van der Waals surface area contributed by atoms with Crippen molar-refractivity contribution in [3.05, 3.63) is 41.6 Å². The molecule has 96 valence electrons. The van der Waals surface area contributed by atoms with Crippen LogP contribution < -0.4 is 0 Å². The summed E-state index contributed by atoms with van der Waals surface area (Å²) >= 11 is 5.97. The molecule has 0 N–H and O–H groups in total. The lowest BCUT2D eigenvalue weighted by Gasteiger charge is -2.20. The van der Waals surface area contributed by atoms with Gasteiger partial charge in [0.2, 0.25) is 0 Å². The second-order valence-corrected chi connectivity index (χ2v) is 5.71. The molecular formula is C14H18ClN3. The van der Waals surface area contributed by atoms with Crippen molar-refractivity contribution < 1.29 is 0 Å². The van der Waals surface area contributed by atoms with Gasteiger partial charge in [-0.05, 0) is 24.6 Å². The van der Waals surface area contributed by atoms with Gasteiger partial charge in [0.25, 0.3) is 0 Å². The maximum Gasteiger partial charge on any atom is 0.138 e. The van der Waals surface area contributed by atoms with Crippen molar-refractivity contribution >= 4 is 11.6 Å². The third kappa shape index (κ3) is 2.56. The van der Waals surface area contributed by atoms with Gasteiger partial charge >= 0.3 is 0 Å². The van der Waals surface area contributed by atoms with Gasteiger partial charge in [0.15, 0.2) is 0 Å². The molecule has 0 saturated heterocycles. The molecule has 4 heteroatoms. The fourth-order valence-electron chi connectivity index (χ4n) is 1.78. The predicted molar refractivity (Wildman–Crippen MR) is 74.4 cm³/mol. The van der Waals surface area contributed by atoms with Crippen molar-refractivity contribution in [2.24, 2.45) is 0 Å². The predicted octanol–water partition coefficient (Wildman–Crippen LogP) is 3.61. The van der Waals surface area contributed by atoms with Crippen LogP contribution in [0.2, 0.25) is 0 Å². The molecule has 0 fully saturated rings. The Balaban J connectivity index is 2.58. The number of aryl methyl sites for hydroxylation is 1. The van der Waals surface area contributed by atoms with E-state index in [1.165, 1.54) is 0 Å². The summed E-state index contributed by atoms with van der Waals surface area (Å²) < 4.78 is 1.98. The maximum atomic E-state index is 5.97. The molecule has 18 heavy (non-hydrogen) atoms. The fourth-order valence-corrected chi connectivity index (χ4v) is 1.93. The first-order valence-electron chi connectivity index (χ1n) is 5.99. The van der Waals surface area contributed by atoms with Gasteiger partial charge < -0.3 is 0 Å². The zero-order chi connectivity index (χ0) is 13.3. The molecule has 0 unspecified atom stereocenters. The molecular weight excluding hydrogens is 246 g/mol. The SMILES string of the molecule is Cc1nccn1-c1cc(CCl)cc(C(C)(C)C)n1. The van der Waals surface area contributed by atoms with Crippen molar-refractivity contribution in [2.75, 3.05) is 0 Å². The highest BCUT2D eigenvalue weighted by molar-refractivity contribution is 6.17. The lowest BCUT2D eigenvalue weighted by molar-refractivity contribution is 0.566. The lowest BCUT2D eigenvalue weighted by atomic mass is 9.91. The molecule has 3 nitrogen and oxygen atoms in total. The molecule has 0 aliphatic carbocycles. The van der Waals surface area contributed by atoms with E-state index in [-0.39, 0.29) is 5.41 Å². The largest absolute Gasteiger partial charge is 0.288 e. The Hall–Kier alpha value is -1.35. The Morgan fingerprint density at radius 1 is 1.28 bits per heavy atom. The third-order valence-corrected chi connectivity index (χ3v) is 3.18. The minimum Gasteiger partial charge on any atom is -0.288 e. The Kier molecular flexibility index (Phi) is 3.44. The van der Waals surface area contributed by atoms with Gasteiger partial charge in [0.05, 0.1) is 0 Å². The van der Waals surface area contributed by atoms with E-state index in [4.69, 9.17) is 16.6 Å². The summed E-state index contributed by atoms with van der Waals surface area (Å²) in [6.45, 7) is 8.42. The van der Waals surface area contributed by atoms with Crippen LogP contribution >= 0.6 is 11.6 Å². The van der Waals surface area contributed by atoms with Crippen LogP contribution in [0.4, 0.5) is 0 Å². The Morgan fingerprint density at radius 3 is 2.50 bits per heavy atom. The molecule has 0 atom stereocenters. The summed E-state index contributed by atoms with van der Waals surface area (Å²) in [7, 11) is 0. The van der Waals surface area contributed by atoms with Crippen LogP contribution in [0.1, 0.15) is 37.9 Å². The highest BCUT2D eigenvalue weighted by Crippen LogP contribution is 2.24. The number of pyridine rings is 1. The first kappa shape index (κ1) is 13.1. The first-order valence-corrected chi connectivity index (χ1v) is 6.53. The van der Waals surface area contributed by atoms with Crippen LogP contribution in [0.5, 0.6) is 0 Å². The van der Waals surface area contributed by atoms with Gasteiger partial charge in [-0.3, -0.25) is 4.57 Å². The van der Waals surface area contributed by atoms with Gasteiger partial charge in [0.1, 0.15) is 11.6 Å². The number of imidazole rings is 1. The normalized spacial score (nSPS) is 11.8. The highest BCUT2D eigenvalue weighted by Gasteiger charge is 2.17. The fraction of sp³-hybridized carbons (Fsp3) is 0.429. The van der Waals surface area contributed by atoms with Gasteiger partial charge in [-0.15, -0.1) is 11.6 Å². The molecule has 0 saturated carbocycles. The van der Waals surface area contributed by atoms with E-state index in [0.717, 1.165) is 22.9 Å². The van der Waals surface area contributed by atoms with E-state index >= 15 is 0 Å². The highest BCUT2D eigenvalue weighted by atomic mass is 35.5. The molecule has 0 radical (unpaired) electrons. The maximum absolute atomic E-state index is 5.97. The van der Waals surface area contributed by atoms with E-state index in [9.17, 15) is 0 Å². The molecule has 2 rings (SSSR count). The van der Waals surface area contributed by atoms with Gasteiger partial charge in [-0.25, -0.2) is 9.97 Å². The van der Waals surface area contributed by atoms with Gasteiger partial charge in [-0.2, -0.15) is 0 Å². The quantitative estimate of drug-likeness (QED) is 0.775. The smallest absolute Gasteiger partial charge is 0.138 e. The van der Waals surface area contributed by atoms with Crippen LogP contribution in [-0.4, -0.2) is 14.5 Å². The molecule has 2 aromatic heterocycles. The van der Waals surface area contributed by atoms with E-state index in [1.807, 2.05) is 23.8 Å². The summed E-state index contributed by atoms with van der Waals surface area (Å²) in [5.74, 6) is 2.30. The summed E-state index contributed by atoms with van der Waals surface area (Å²) in [5.41, 5.74) is 2.13. The van der Waals surface area contributed by atoms with E-state index in [0.29, 0.717) is 5.88 Å². The Morgan fingerprint density at radius 2 is 2.00 bits per heavy atom. The second kappa shape index (κ2) is 4.73. The zero-order valence-corrected chi connectivity index (χ0v) is 12.0. The van der Waals surface area contributed by atoms with Crippen molar-refractivity contribution in [3.63, 3.8) is 0 Å². The molecule has 2 aromatic rings. The van der Waals surface area contributed by atoms with Crippen molar-refractivity contribution in [2.45, 2.75) is 39.0 Å². The Labute approximate surface area is 113 Å². The van der Waals surface area contributed by atoms with Crippen molar-refractivity contribution in [1.29, 1.82) is 0 Å². The number of hydrogen-bond acceptors (Lipinski definition) is 2. The molecule has 0 spiro atoms. The lowest BCUT2D eigenvalue weighted by Crippen LogP contribution is -2.15. The van der Waals surface area contributed by atoms with E-state index in [2.05, 4.69) is 31.8 Å². The van der Waals surface area contributed by atoms with Crippen molar-refractivity contribution in [3.8, 4) is 5.82 Å². The van der Waals surface area contributed by atoms with Crippen LogP contribution in [0.3, 0.4) is 0 Å².